The molecule has 0 saturated carbocycles. The highest BCUT2D eigenvalue weighted by atomic mass is 16.5. The third-order valence-electron chi connectivity index (χ3n) is 5.88. The van der Waals surface area contributed by atoms with Gasteiger partial charge in [-0.15, -0.1) is 0 Å². The number of likely N-dealkylation sites (tertiary alicyclic amines) is 1. The lowest BCUT2D eigenvalue weighted by Gasteiger charge is -2.51. The zero-order valence-corrected chi connectivity index (χ0v) is 15.0. The van der Waals surface area contributed by atoms with E-state index in [0.29, 0.717) is 25.0 Å². The van der Waals surface area contributed by atoms with Crippen LogP contribution in [0.1, 0.15) is 52.5 Å². The van der Waals surface area contributed by atoms with E-state index in [0.717, 1.165) is 19.5 Å². The number of carbonyl (C=O) groups is 1. The molecule has 0 spiro atoms. The van der Waals surface area contributed by atoms with Crippen molar-refractivity contribution < 1.29 is 9.53 Å². The molecule has 1 fully saturated rings. The first-order chi connectivity index (χ1) is 11.0. The van der Waals surface area contributed by atoms with E-state index in [1.807, 2.05) is 6.92 Å². The fourth-order valence-electron chi connectivity index (χ4n) is 3.81. The molecule has 0 unspecified atom stereocenters. The van der Waals surface area contributed by atoms with Crippen molar-refractivity contribution in [2.24, 2.45) is 11.3 Å². The predicted octanol–water partition coefficient (Wildman–Crippen LogP) is 4.27. The maximum Gasteiger partial charge on any atom is 0.305 e. The Balaban J connectivity index is 2.03. The van der Waals surface area contributed by atoms with Gasteiger partial charge in [-0.2, -0.15) is 0 Å². The van der Waals surface area contributed by atoms with Crippen LogP contribution < -0.4 is 0 Å². The Bertz CT molecular complexity index is 502. The van der Waals surface area contributed by atoms with Gasteiger partial charge in [0.25, 0.3) is 0 Å². The standard InChI is InChI=1S/C20H31NO2/c1-5-23-19(22)11-13-20(4)16(2)12-14-21(17(20)3)15-18-9-7-6-8-10-18/h6-10,16-17H,5,11-15H2,1-4H3/t16-,17+,20-/m1/s1. The average molecular weight is 317 g/mol. The van der Waals surface area contributed by atoms with E-state index in [-0.39, 0.29) is 11.4 Å². The molecule has 2 rings (SSSR count). The summed E-state index contributed by atoms with van der Waals surface area (Å²) in [5, 5.41) is 0. The van der Waals surface area contributed by atoms with Crippen LogP contribution in [0, 0.1) is 11.3 Å². The average Bonchev–Trinajstić information content (AvgIpc) is 2.55. The van der Waals surface area contributed by atoms with Crippen LogP contribution in [0.5, 0.6) is 0 Å². The molecule has 0 N–H and O–H groups in total. The monoisotopic (exact) mass is 317 g/mol. The van der Waals surface area contributed by atoms with Crippen molar-refractivity contribution in [1.29, 1.82) is 0 Å². The summed E-state index contributed by atoms with van der Waals surface area (Å²) in [6.45, 7) is 11.5. The third-order valence-corrected chi connectivity index (χ3v) is 5.88. The van der Waals surface area contributed by atoms with E-state index in [1.165, 1.54) is 12.0 Å². The van der Waals surface area contributed by atoms with Crippen LogP contribution >= 0.6 is 0 Å². The van der Waals surface area contributed by atoms with Crippen LogP contribution in [0.3, 0.4) is 0 Å². The Kier molecular flexibility index (Phi) is 6.23. The van der Waals surface area contributed by atoms with Crippen molar-refractivity contribution in [3.05, 3.63) is 35.9 Å². The molecule has 0 aromatic heterocycles. The lowest BCUT2D eigenvalue weighted by molar-refractivity contribution is -0.144. The maximum absolute atomic E-state index is 11.8. The van der Waals surface area contributed by atoms with Gasteiger partial charge >= 0.3 is 5.97 Å². The van der Waals surface area contributed by atoms with Gasteiger partial charge in [0.1, 0.15) is 0 Å². The Morgan fingerprint density at radius 3 is 2.65 bits per heavy atom. The van der Waals surface area contributed by atoms with E-state index in [2.05, 4.69) is 56.0 Å². The smallest absolute Gasteiger partial charge is 0.305 e. The van der Waals surface area contributed by atoms with Gasteiger partial charge in [-0.05, 0) is 50.1 Å². The van der Waals surface area contributed by atoms with Crippen molar-refractivity contribution in [1.82, 2.24) is 4.90 Å². The molecule has 1 aliphatic rings. The van der Waals surface area contributed by atoms with Crippen molar-refractivity contribution >= 4 is 5.97 Å². The summed E-state index contributed by atoms with van der Waals surface area (Å²) < 4.78 is 5.12. The SMILES string of the molecule is CCOC(=O)CC[C@]1(C)[C@H](C)CCN(Cc2ccccc2)[C@H]1C. The first-order valence-corrected chi connectivity index (χ1v) is 8.91. The molecule has 3 atom stereocenters. The number of piperidine rings is 1. The quantitative estimate of drug-likeness (QED) is 0.734. The Morgan fingerprint density at radius 1 is 1.30 bits per heavy atom. The highest BCUT2D eigenvalue weighted by molar-refractivity contribution is 5.69. The van der Waals surface area contributed by atoms with Crippen molar-refractivity contribution in [3.63, 3.8) is 0 Å². The summed E-state index contributed by atoms with van der Waals surface area (Å²) in [6, 6.07) is 11.1. The lowest BCUT2D eigenvalue weighted by atomic mass is 9.65. The van der Waals surface area contributed by atoms with E-state index in [9.17, 15) is 4.79 Å². The van der Waals surface area contributed by atoms with E-state index < -0.39 is 0 Å². The molecule has 1 heterocycles. The molecule has 0 aliphatic carbocycles. The van der Waals surface area contributed by atoms with E-state index in [1.54, 1.807) is 0 Å². The molecule has 3 heteroatoms. The van der Waals surface area contributed by atoms with Crippen LogP contribution in [0.15, 0.2) is 30.3 Å². The number of ether oxygens (including phenoxy) is 1. The topological polar surface area (TPSA) is 29.5 Å². The van der Waals surface area contributed by atoms with Crippen LogP contribution in [0.25, 0.3) is 0 Å². The Labute approximate surface area is 141 Å². The molecular formula is C20H31NO2. The fourth-order valence-corrected chi connectivity index (χ4v) is 3.81. The van der Waals surface area contributed by atoms with Gasteiger partial charge in [0.15, 0.2) is 0 Å². The minimum Gasteiger partial charge on any atom is -0.466 e. The number of nitrogens with zero attached hydrogens (tertiary/aromatic N) is 1. The van der Waals surface area contributed by atoms with Crippen LogP contribution in [-0.2, 0) is 16.1 Å². The summed E-state index contributed by atoms with van der Waals surface area (Å²) in [7, 11) is 0. The van der Waals surface area contributed by atoms with Crippen molar-refractivity contribution in [3.8, 4) is 0 Å². The number of esters is 1. The van der Waals surface area contributed by atoms with Crippen molar-refractivity contribution in [2.45, 2.75) is 59.5 Å². The molecule has 0 radical (unpaired) electrons. The number of hydrogen-bond donors (Lipinski definition) is 0. The van der Waals surface area contributed by atoms with Gasteiger partial charge in [0.05, 0.1) is 6.61 Å². The summed E-state index contributed by atoms with van der Waals surface area (Å²) in [5.41, 5.74) is 1.52. The van der Waals surface area contributed by atoms with Gasteiger partial charge in [-0.1, -0.05) is 44.2 Å². The molecule has 23 heavy (non-hydrogen) atoms. The van der Waals surface area contributed by atoms with Crippen LogP contribution in [0.4, 0.5) is 0 Å². The van der Waals surface area contributed by atoms with Gasteiger partial charge in [-0.25, -0.2) is 0 Å². The van der Waals surface area contributed by atoms with Gasteiger partial charge in [-0.3, -0.25) is 9.69 Å². The first-order valence-electron chi connectivity index (χ1n) is 8.91. The molecule has 1 aliphatic heterocycles. The summed E-state index contributed by atoms with van der Waals surface area (Å²) in [5.74, 6) is 0.562. The van der Waals surface area contributed by atoms with Gasteiger partial charge < -0.3 is 4.74 Å². The second-order valence-electron chi connectivity index (χ2n) is 7.13. The zero-order valence-electron chi connectivity index (χ0n) is 15.0. The summed E-state index contributed by atoms with van der Waals surface area (Å²) in [6.07, 6.45) is 2.62. The fraction of sp³-hybridized carbons (Fsp3) is 0.650. The number of hydrogen-bond acceptors (Lipinski definition) is 3. The first kappa shape index (κ1) is 18.0. The van der Waals surface area contributed by atoms with Crippen molar-refractivity contribution in [2.75, 3.05) is 13.2 Å². The normalized spacial score (nSPS) is 28.5. The molecule has 0 amide bonds. The maximum atomic E-state index is 11.8. The minimum atomic E-state index is -0.0618. The van der Waals surface area contributed by atoms with E-state index >= 15 is 0 Å². The second kappa shape index (κ2) is 7.96. The van der Waals surface area contributed by atoms with Gasteiger partial charge in [0, 0.05) is 19.0 Å². The number of rotatable bonds is 6. The molecule has 1 aromatic rings. The third kappa shape index (κ3) is 4.35. The second-order valence-corrected chi connectivity index (χ2v) is 7.13. The number of benzene rings is 1. The molecule has 1 aromatic carbocycles. The highest BCUT2D eigenvalue weighted by Gasteiger charge is 2.43. The van der Waals surface area contributed by atoms with E-state index in [4.69, 9.17) is 4.74 Å². The summed E-state index contributed by atoms with van der Waals surface area (Å²) >= 11 is 0. The molecular weight excluding hydrogens is 286 g/mol. The summed E-state index contributed by atoms with van der Waals surface area (Å²) in [4.78, 5) is 14.3. The minimum absolute atomic E-state index is 0.0618. The molecule has 0 bridgehead atoms. The Hall–Kier alpha value is -1.35. The van der Waals surface area contributed by atoms with Crippen LogP contribution in [-0.4, -0.2) is 30.1 Å². The van der Waals surface area contributed by atoms with Gasteiger partial charge in [0.2, 0.25) is 0 Å². The predicted molar refractivity (Wildman–Crippen MR) is 94.1 cm³/mol. The molecule has 1 saturated heterocycles. The largest absolute Gasteiger partial charge is 0.466 e. The molecule has 128 valence electrons. The number of carbonyl (C=O) groups excluding carboxylic acids is 1. The highest BCUT2D eigenvalue weighted by Crippen LogP contribution is 2.44. The zero-order chi connectivity index (χ0) is 16.9. The Morgan fingerprint density at radius 2 is 2.00 bits per heavy atom. The lowest BCUT2D eigenvalue weighted by Crippen LogP contribution is -2.53. The van der Waals surface area contributed by atoms with Crippen LogP contribution in [0.2, 0.25) is 0 Å². The molecule has 3 nitrogen and oxygen atoms in total.